The van der Waals surface area contributed by atoms with Crippen LogP contribution < -0.4 is 0 Å². The molecule has 0 aliphatic heterocycles. The summed E-state index contributed by atoms with van der Waals surface area (Å²) in [5.74, 6) is -0.295. The van der Waals surface area contributed by atoms with Crippen LogP contribution in [0.4, 0.5) is 0 Å². The molecule has 0 fully saturated rings. The highest BCUT2D eigenvalue weighted by atomic mass is 16.5. The van der Waals surface area contributed by atoms with Crippen LogP contribution >= 0.6 is 0 Å². The number of ketones is 1. The number of esters is 1. The quantitative estimate of drug-likeness (QED) is 0.456. The van der Waals surface area contributed by atoms with E-state index in [9.17, 15) is 9.59 Å². The minimum absolute atomic E-state index is 0.000590. The summed E-state index contributed by atoms with van der Waals surface area (Å²) in [6.45, 7) is 6.81. The molecule has 15 heavy (non-hydrogen) atoms. The summed E-state index contributed by atoms with van der Waals surface area (Å²) in [5.41, 5.74) is 0. The van der Waals surface area contributed by atoms with Gasteiger partial charge >= 0.3 is 5.97 Å². The number of hydrogen-bond donors (Lipinski definition) is 0. The number of rotatable bonds is 8. The van der Waals surface area contributed by atoms with Crippen molar-refractivity contribution in [2.75, 3.05) is 19.8 Å². The summed E-state index contributed by atoms with van der Waals surface area (Å²) in [5, 5.41) is 0. The van der Waals surface area contributed by atoms with Gasteiger partial charge in [0, 0.05) is 6.61 Å². The van der Waals surface area contributed by atoms with Gasteiger partial charge in [-0.05, 0) is 12.3 Å². The Balaban J connectivity index is 3.51. The second-order valence-electron chi connectivity index (χ2n) is 3.84. The van der Waals surface area contributed by atoms with Crippen molar-refractivity contribution in [1.82, 2.24) is 0 Å². The van der Waals surface area contributed by atoms with Crippen LogP contribution in [-0.4, -0.2) is 31.6 Å². The van der Waals surface area contributed by atoms with Gasteiger partial charge in [-0.15, -0.1) is 0 Å². The molecule has 0 saturated heterocycles. The first-order valence-corrected chi connectivity index (χ1v) is 5.31. The molecule has 0 radical (unpaired) electrons. The molecule has 0 bridgehead atoms. The minimum atomic E-state index is -0.463. The number of ether oxygens (including phenoxy) is 2. The molecule has 0 heterocycles. The number of carbonyl (C=O) groups excluding carboxylic acids is 2. The highest BCUT2D eigenvalue weighted by Gasteiger charge is 2.10. The number of carbonyl (C=O) groups is 2. The van der Waals surface area contributed by atoms with Crippen LogP contribution in [0.25, 0.3) is 0 Å². The molecule has 0 aromatic carbocycles. The van der Waals surface area contributed by atoms with Crippen molar-refractivity contribution in [3.8, 4) is 0 Å². The molecular formula is C11H20O4. The van der Waals surface area contributed by atoms with Gasteiger partial charge in [0.2, 0.25) is 0 Å². The molecule has 0 rings (SSSR count). The highest BCUT2D eigenvalue weighted by Crippen LogP contribution is 1.95. The van der Waals surface area contributed by atoms with E-state index >= 15 is 0 Å². The van der Waals surface area contributed by atoms with Gasteiger partial charge in [-0.25, -0.2) is 0 Å². The molecule has 4 nitrogen and oxygen atoms in total. The van der Waals surface area contributed by atoms with E-state index in [2.05, 4.69) is 0 Å². The molecule has 88 valence electrons. The maximum absolute atomic E-state index is 11.2. The Bertz CT molecular complexity index is 199. The standard InChI is InChI=1S/C11H20O4/c1-4-5-15-11(13)6-10(12)8-14-7-9(2)3/h9H,4-8H2,1-3H3. The molecule has 0 aromatic heterocycles. The van der Waals surface area contributed by atoms with Gasteiger partial charge in [0.15, 0.2) is 5.78 Å². The van der Waals surface area contributed by atoms with E-state index in [1.807, 2.05) is 20.8 Å². The lowest BCUT2D eigenvalue weighted by Gasteiger charge is -2.06. The normalized spacial score (nSPS) is 10.4. The molecule has 0 atom stereocenters. The van der Waals surface area contributed by atoms with Crippen molar-refractivity contribution in [3.05, 3.63) is 0 Å². The van der Waals surface area contributed by atoms with Crippen molar-refractivity contribution in [2.24, 2.45) is 5.92 Å². The lowest BCUT2D eigenvalue weighted by atomic mass is 10.2. The van der Waals surface area contributed by atoms with Crippen LogP contribution in [-0.2, 0) is 19.1 Å². The maximum atomic E-state index is 11.2. The van der Waals surface area contributed by atoms with Gasteiger partial charge in [0.1, 0.15) is 13.0 Å². The van der Waals surface area contributed by atoms with Crippen LogP contribution in [0.15, 0.2) is 0 Å². The number of Topliss-reactive ketones (excluding diaryl/α,β-unsaturated/α-hetero) is 1. The van der Waals surface area contributed by atoms with Crippen LogP contribution in [0.3, 0.4) is 0 Å². The molecule has 0 spiro atoms. The molecular weight excluding hydrogens is 196 g/mol. The van der Waals surface area contributed by atoms with Gasteiger partial charge in [-0.1, -0.05) is 20.8 Å². The minimum Gasteiger partial charge on any atom is -0.465 e. The summed E-state index contributed by atoms with van der Waals surface area (Å²) >= 11 is 0. The molecule has 0 unspecified atom stereocenters. The van der Waals surface area contributed by atoms with Gasteiger partial charge in [0.05, 0.1) is 6.61 Å². The van der Waals surface area contributed by atoms with E-state index in [4.69, 9.17) is 9.47 Å². The van der Waals surface area contributed by atoms with Gasteiger partial charge in [0.25, 0.3) is 0 Å². The zero-order valence-corrected chi connectivity index (χ0v) is 9.75. The van der Waals surface area contributed by atoms with Crippen LogP contribution in [0, 0.1) is 5.92 Å². The van der Waals surface area contributed by atoms with E-state index in [1.165, 1.54) is 0 Å². The van der Waals surface area contributed by atoms with Crippen molar-refractivity contribution >= 4 is 11.8 Å². The largest absolute Gasteiger partial charge is 0.465 e. The van der Waals surface area contributed by atoms with E-state index in [1.54, 1.807) is 0 Å². The van der Waals surface area contributed by atoms with Gasteiger partial charge < -0.3 is 9.47 Å². The molecule has 0 N–H and O–H groups in total. The fourth-order valence-corrected chi connectivity index (χ4v) is 0.887. The summed E-state index contributed by atoms with van der Waals surface area (Å²) < 4.78 is 9.88. The summed E-state index contributed by atoms with van der Waals surface area (Å²) in [7, 11) is 0. The van der Waals surface area contributed by atoms with Crippen molar-refractivity contribution in [2.45, 2.75) is 33.6 Å². The number of hydrogen-bond acceptors (Lipinski definition) is 4. The Hall–Kier alpha value is -0.900. The first-order chi connectivity index (χ1) is 7.06. The Kier molecular flexibility index (Phi) is 7.91. The third-order valence-corrected chi connectivity index (χ3v) is 1.52. The van der Waals surface area contributed by atoms with Crippen molar-refractivity contribution in [1.29, 1.82) is 0 Å². The SMILES string of the molecule is CCCOC(=O)CC(=O)COCC(C)C. The summed E-state index contributed by atoms with van der Waals surface area (Å²) in [6, 6.07) is 0. The van der Waals surface area contributed by atoms with Crippen LogP contribution in [0.1, 0.15) is 33.6 Å². The second-order valence-corrected chi connectivity index (χ2v) is 3.84. The molecule has 4 heteroatoms. The topological polar surface area (TPSA) is 52.6 Å². The molecule has 0 aliphatic carbocycles. The predicted molar refractivity (Wildman–Crippen MR) is 56.5 cm³/mol. The Labute approximate surface area is 90.9 Å². The zero-order chi connectivity index (χ0) is 11.7. The van der Waals surface area contributed by atoms with E-state index in [0.717, 1.165) is 6.42 Å². The zero-order valence-electron chi connectivity index (χ0n) is 9.75. The monoisotopic (exact) mass is 216 g/mol. The first kappa shape index (κ1) is 14.1. The summed E-state index contributed by atoms with van der Waals surface area (Å²) in [4.78, 5) is 22.2. The highest BCUT2D eigenvalue weighted by molar-refractivity contribution is 5.96. The average molecular weight is 216 g/mol. The lowest BCUT2D eigenvalue weighted by molar-refractivity contribution is -0.147. The molecule has 0 aliphatic rings. The van der Waals surface area contributed by atoms with Gasteiger partial charge in [-0.2, -0.15) is 0 Å². The molecule has 0 aromatic rings. The smallest absolute Gasteiger partial charge is 0.313 e. The van der Waals surface area contributed by atoms with Crippen LogP contribution in [0.2, 0.25) is 0 Å². The second kappa shape index (κ2) is 8.41. The fourth-order valence-electron chi connectivity index (χ4n) is 0.887. The molecule has 0 saturated carbocycles. The Morgan fingerprint density at radius 2 is 1.93 bits per heavy atom. The third-order valence-electron chi connectivity index (χ3n) is 1.52. The fraction of sp³-hybridized carbons (Fsp3) is 0.818. The van der Waals surface area contributed by atoms with Crippen molar-refractivity contribution in [3.63, 3.8) is 0 Å². The Morgan fingerprint density at radius 3 is 2.47 bits per heavy atom. The summed E-state index contributed by atoms with van der Waals surface area (Å²) in [6.07, 6.45) is 0.585. The third kappa shape index (κ3) is 9.41. The maximum Gasteiger partial charge on any atom is 0.313 e. The van der Waals surface area contributed by atoms with Gasteiger partial charge in [-0.3, -0.25) is 9.59 Å². The van der Waals surface area contributed by atoms with E-state index < -0.39 is 5.97 Å². The predicted octanol–water partition coefficient (Wildman–Crippen LogP) is 1.57. The van der Waals surface area contributed by atoms with Crippen molar-refractivity contribution < 1.29 is 19.1 Å². The first-order valence-electron chi connectivity index (χ1n) is 5.31. The van der Waals surface area contributed by atoms with E-state index in [0.29, 0.717) is 19.1 Å². The molecule has 0 amide bonds. The van der Waals surface area contributed by atoms with Crippen LogP contribution in [0.5, 0.6) is 0 Å². The van der Waals surface area contributed by atoms with E-state index in [-0.39, 0.29) is 18.8 Å². The lowest BCUT2D eigenvalue weighted by Crippen LogP contribution is -2.17. The average Bonchev–Trinajstić information content (AvgIpc) is 2.14. The Morgan fingerprint density at radius 1 is 1.27 bits per heavy atom.